The van der Waals surface area contributed by atoms with Crippen LogP contribution in [0.2, 0.25) is 0 Å². The summed E-state index contributed by atoms with van der Waals surface area (Å²) < 4.78 is 0. The molecule has 3 fully saturated rings. The summed E-state index contributed by atoms with van der Waals surface area (Å²) in [6.45, 7) is 4.18. The molecule has 1 amide bonds. The SMILES string of the molecule is CC(C1CC1)N(C(=O)C1CCNC1)C1CC1. The van der Waals surface area contributed by atoms with Crippen LogP contribution in [0.15, 0.2) is 0 Å². The van der Waals surface area contributed by atoms with Gasteiger partial charge in [-0.2, -0.15) is 0 Å². The fraction of sp³-hybridized carbons (Fsp3) is 0.923. The molecular formula is C13H22N2O. The lowest BCUT2D eigenvalue weighted by molar-refractivity contribution is -0.138. The Bertz CT molecular complexity index is 278. The number of hydrogen-bond donors (Lipinski definition) is 1. The summed E-state index contributed by atoms with van der Waals surface area (Å²) in [6, 6.07) is 1.09. The zero-order valence-electron chi connectivity index (χ0n) is 10.1. The lowest BCUT2D eigenvalue weighted by Crippen LogP contribution is -2.45. The molecule has 90 valence electrons. The lowest BCUT2D eigenvalue weighted by Gasteiger charge is -2.31. The average Bonchev–Trinajstić information content (AvgIpc) is 3.19. The van der Waals surface area contributed by atoms with Crippen LogP contribution in [0, 0.1) is 11.8 Å². The molecule has 3 nitrogen and oxygen atoms in total. The van der Waals surface area contributed by atoms with Crippen molar-refractivity contribution in [3.63, 3.8) is 0 Å². The van der Waals surface area contributed by atoms with Gasteiger partial charge in [-0.1, -0.05) is 0 Å². The van der Waals surface area contributed by atoms with E-state index in [9.17, 15) is 4.79 Å². The summed E-state index contributed by atoms with van der Waals surface area (Å²) in [5.74, 6) is 1.51. The largest absolute Gasteiger partial charge is 0.336 e. The average molecular weight is 222 g/mol. The third-order valence-electron chi connectivity index (χ3n) is 4.35. The first-order valence-electron chi connectivity index (χ1n) is 6.80. The summed E-state index contributed by atoms with van der Waals surface area (Å²) >= 11 is 0. The van der Waals surface area contributed by atoms with Gasteiger partial charge in [0.15, 0.2) is 0 Å². The Labute approximate surface area is 97.6 Å². The Balaban J connectivity index is 1.68. The molecule has 2 aliphatic carbocycles. The number of rotatable bonds is 4. The Morgan fingerprint density at radius 3 is 2.50 bits per heavy atom. The lowest BCUT2D eigenvalue weighted by atomic mass is 10.0. The van der Waals surface area contributed by atoms with Crippen molar-refractivity contribution in [3.8, 4) is 0 Å². The van der Waals surface area contributed by atoms with Gasteiger partial charge in [-0.3, -0.25) is 4.79 Å². The Hall–Kier alpha value is -0.570. The van der Waals surface area contributed by atoms with Crippen LogP contribution in [0.4, 0.5) is 0 Å². The topological polar surface area (TPSA) is 32.3 Å². The Morgan fingerprint density at radius 1 is 1.25 bits per heavy atom. The quantitative estimate of drug-likeness (QED) is 0.779. The smallest absolute Gasteiger partial charge is 0.227 e. The predicted octanol–water partition coefficient (Wildman–Crippen LogP) is 1.39. The van der Waals surface area contributed by atoms with Crippen molar-refractivity contribution in [2.45, 2.75) is 51.1 Å². The number of nitrogens with one attached hydrogen (secondary N) is 1. The van der Waals surface area contributed by atoms with Crippen molar-refractivity contribution in [3.05, 3.63) is 0 Å². The van der Waals surface area contributed by atoms with Crippen LogP contribution in [0.5, 0.6) is 0 Å². The van der Waals surface area contributed by atoms with Crippen molar-refractivity contribution >= 4 is 5.91 Å². The first kappa shape index (κ1) is 10.6. The second kappa shape index (κ2) is 4.02. The molecule has 0 aromatic carbocycles. The maximum atomic E-state index is 12.5. The molecule has 1 heterocycles. The molecule has 2 saturated carbocycles. The van der Waals surface area contributed by atoms with Gasteiger partial charge < -0.3 is 10.2 Å². The van der Waals surface area contributed by atoms with Gasteiger partial charge >= 0.3 is 0 Å². The summed E-state index contributed by atoms with van der Waals surface area (Å²) in [5, 5.41) is 3.30. The molecule has 0 radical (unpaired) electrons. The van der Waals surface area contributed by atoms with Crippen molar-refractivity contribution in [2.24, 2.45) is 11.8 Å². The molecule has 2 atom stereocenters. The highest BCUT2D eigenvalue weighted by Gasteiger charge is 2.43. The van der Waals surface area contributed by atoms with E-state index in [0.717, 1.165) is 25.4 Å². The van der Waals surface area contributed by atoms with Crippen molar-refractivity contribution in [1.29, 1.82) is 0 Å². The Morgan fingerprint density at radius 2 is 2.00 bits per heavy atom. The van der Waals surface area contributed by atoms with E-state index in [4.69, 9.17) is 0 Å². The molecule has 2 unspecified atom stereocenters. The van der Waals surface area contributed by atoms with Gasteiger partial charge in [0.25, 0.3) is 0 Å². The molecule has 3 heteroatoms. The fourth-order valence-electron chi connectivity index (χ4n) is 2.95. The van der Waals surface area contributed by atoms with Gasteiger partial charge in [0.05, 0.1) is 5.92 Å². The molecule has 0 bridgehead atoms. The summed E-state index contributed by atoms with van der Waals surface area (Å²) in [7, 11) is 0. The highest BCUT2D eigenvalue weighted by Crippen LogP contribution is 2.40. The number of amides is 1. The van der Waals surface area contributed by atoms with E-state index in [0.29, 0.717) is 18.0 Å². The van der Waals surface area contributed by atoms with E-state index in [1.54, 1.807) is 0 Å². The number of hydrogen-bond acceptors (Lipinski definition) is 2. The second-order valence-corrected chi connectivity index (χ2v) is 5.74. The minimum Gasteiger partial charge on any atom is -0.336 e. The van der Waals surface area contributed by atoms with Gasteiger partial charge in [-0.15, -0.1) is 0 Å². The van der Waals surface area contributed by atoms with Crippen LogP contribution in [-0.4, -0.2) is 36.0 Å². The third-order valence-corrected chi connectivity index (χ3v) is 4.35. The monoisotopic (exact) mass is 222 g/mol. The highest BCUT2D eigenvalue weighted by atomic mass is 16.2. The van der Waals surface area contributed by atoms with Gasteiger partial charge in [-0.25, -0.2) is 0 Å². The highest BCUT2D eigenvalue weighted by molar-refractivity contribution is 5.80. The van der Waals surface area contributed by atoms with E-state index in [2.05, 4.69) is 17.1 Å². The number of nitrogens with zero attached hydrogens (tertiary/aromatic N) is 1. The maximum absolute atomic E-state index is 12.5. The van der Waals surface area contributed by atoms with Crippen LogP contribution in [-0.2, 0) is 4.79 Å². The van der Waals surface area contributed by atoms with E-state index in [1.165, 1.54) is 25.7 Å². The molecule has 3 rings (SSSR count). The van der Waals surface area contributed by atoms with Crippen molar-refractivity contribution in [1.82, 2.24) is 10.2 Å². The number of carbonyl (C=O) groups is 1. The summed E-state index contributed by atoms with van der Waals surface area (Å²) in [6.07, 6.45) is 6.19. The zero-order valence-corrected chi connectivity index (χ0v) is 10.1. The normalized spacial score (nSPS) is 31.4. The molecule has 3 aliphatic rings. The van der Waals surface area contributed by atoms with Gasteiger partial charge in [0.2, 0.25) is 5.91 Å². The molecule has 16 heavy (non-hydrogen) atoms. The Kier molecular flexibility index (Phi) is 2.66. The van der Waals surface area contributed by atoms with E-state index < -0.39 is 0 Å². The van der Waals surface area contributed by atoms with Crippen LogP contribution >= 0.6 is 0 Å². The minimum atomic E-state index is 0.266. The molecule has 0 aromatic heterocycles. The van der Waals surface area contributed by atoms with Gasteiger partial charge in [0.1, 0.15) is 0 Å². The van der Waals surface area contributed by atoms with Gasteiger partial charge in [0, 0.05) is 18.6 Å². The predicted molar refractivity (Wildman–Crippen MR) is 63.0 cm³/mol. The van der Waals surface area contributed by atoms with E-state index >= 15 is 0 Å². The first-order valence-corrected chi connectivity index (χ1v) is 6.80. The van der Waals surface area contributed by atoms with Crippen LogP contribution in [0.3, 0.4) is 0 Å². The summed E-state index contributed by atoms with van der Waals surface area (Å²) in [5.41, 5.74) is 0. The first-order chi connectivity index (χ1) is 7.77. The van der Waals surface area contributed by atoms with Crippen LogP contribution in [0.25, 0.3) is 0 Å². The van der Waals surface area contributed by atoms with E-state index in [-0.39, 0.29) is 5.92 Å². The standard InChI is InChI=1S/C13H22N2O/c1-9(10-2-3-10)15(12-4-5-12)13(16)11-6-7-14-8-11/h9-12,14H,2-8H2,1H3. The second-order valence-electron chi connectivity index (χ2n) is 5.74. The molecule has 1 N–H and O–H groups in total. The molecular weight excluding hydrogens is 200 g/mol. The molecule has 0 aromatic rings. The maximum Gasteiger partial charge on any atom is 0.227 e. The minimum absolute atomic E-state index is 0.266. The summed E-state index contributed by atoms with van der Waals surface area (Å²) in [4.78, 5) is 14.7. The van der Waals surface area contributed by atoms with Crippen LogP contribution < -0.4 is 5.32 Å². The van der Waals surface area contributed by atoms with Gasteiger partial charge in [-0.05, 0) is 51.5 Å². The van der Waals surface area contributed by atoms with Crippen LogP contribution in [0.1, 0.15) is 39.0 Å². The zero-order chi connectivity index (χ0) is 11.1. The molecule has 0 spiro atoms. The number of carbonyl (C=O) groups excluding carboxylic acids is 1. The molecule has 1 aliphatic heterocycles. The van der Waals surface area contributed by atoms with Crippen molar-refractivity contribution in [2.75, 3.05) is 13.1 Å². The third kappa shape index (κ3) is 1.97. The fourth-order valence-corrected chi connectivity index (χ4v) is 2.95. The van der Waals surface area contributed by atoms with E-state index in [1.807, 2.05) is 0 Å². The van der Waals surface area contributed by atoms with Crippen molar-refractivity contribution < 1.29 is 4.79 Å². The molecule has 1 saturated heterocycles.